The number of non-ortho nitro benzene ring substituents is 1. The number of aromatic nitrogens is 4. The molecule has 1 aliphatic heterocycles. The number of nitrogens with zero attached hydrogens (tertiary/aromatic N) is 5. The van der Waals surface area contributed by atoms with Crippen molar-refractivity contribution in [2.24, 2.45) is 0 Å². The molecule has 3 heterocycles. The number of hydrogen-bond acceptors (Lipinski definition) is 8. The molecule has 2 aromatic carbocycles. The monoisotopic (exact) mass is 457 g/mol. The van der Waals surface area contributed by atoms with Crippen LogP contribution in [0.5, 0.6) is 5.88 Å². The van der Waals surface area contributed by atoms with Gasteiger partial charge in [0.25, 0.3) is 5.69 Å². The van der Waals surface area contributed by atoms with Gasteiger partial charge in [-0.3, -0.25) is 10.1 Å². The minimum Gasteiger partial charge on any atom is -0.463 e. The molecular formula is C24H19N5O5. The van der Waals surface area contributed by atoms with Crippen molar-refractivity contribution in [3.8, 4) is 17.3 Å². The molecule has 0 radical (unpaired) electrons. The molecule has 0 bridgehead atoms. The molecule has 2 aromatic heterocycles. The Hall–Kier alpha value is -4.60. The standard InChI is InChI=1S/C24H19N5O5/c1-3-33-24(30)18-14(2)34-23-20(19(18)15-7-5-4-6-8-15)22-26-21(27-28(22)13-25-23)16-9-11-17(12-10-16)29(31)32/h4-13,19H,3H2,1-2H3/t19-/m0/s1. The summed E-state index contributed by atoms with van der Waals surface area (Å²) in [6.07, 6.45) is 1.49. The van der Waals surface area contributed by atoms with E-state index in [1.807, 2.05) is 30.3 Å². The fraction of sp³-hybridized carbons (Fsp3) is 0.167. The number of hydrogen-bond donors (Lipinski definition) is 0. The SMILES string of the molecule is CCOC(=O)C1=C(C)Oc2ncn3nc(-c4ccc([N+](=O)[O-])cc4)nc3c2[C@H]1c1ccccc1. The highest BCUT2D eigenvalue weighted by Gasteiger charge is 2.38. The van der Waals surface area contributed by atoms with Crippen LogP contribution in [0.2, 0.25) is 0 Å². The number of rotatable bonds is 5. The Kier molecular flexibility index (Phi) is 5.25. The summed E-state index contributed by atoms with van der Waals surface area (Å²) in [6.45, 7) is 3.68. The molecule has 0 N–H and O–H groups in total. The number of fused-ring (bicyclic) bond motifs is 3. The van der Waals surface area contributed by atoms with Gasteiger partial charge in [-0.15, -0.1) is 5.10 Å². The van der Waals surface area contributed by atoms with Crippen molar-refractivity contribution in [3.05, 3.63) is 93.5 Å². The van der Waals surface area contributed by atoms with E-state index in [9.17, 15) is 14.9 Å². The quantitative estimate of drug-likeness (QED) is 0.250. The van der Waals surface area contributed by atoms with Crippen molar-refractivity contribution in [2.45, 2.75) is 19.8 Å². The molecule has 10 nitrogen and oxygen atoms in total. The summed E-state index contributed by atoms with van der Waals surface area (Å²) in [6, 6.07) is 15.5. The Bertz CT molecular complexity index is 1440. The van der Waals surface area contributed by atoms with Gasteiger partial charge in [-0.1, -0.05) is 30.3 Å². The van der Waals surface area contributed by atoms with Gasteiger partial charge in [0.15, 0.2) is 11.5 Å². The van der Waals surface area contributed by atoms with Gasteiger partial charge in [-0.05, 0) is 31.5 Å². The molecule has 1 atom stereocenters. The van der Waals surface area contributed by atoms with Gasteiger partial charge < -0.3 is 9.47 Å². The largest absolute Gasteiger partial charge is 0.463 e. The number of benzene rings is 2. The second-order valence-corrected chi connectivity index (χ2v) is 7.61. The summed E-state index contributed by atoms with van der Waals surface area (Å²) in [5.74, 6) is 0.0907. The highest BCUT2D eigenvalue weighted by molar-refractivity contribution is 5.93. The van der Waals surface area contributed by atoms with Crippen LogP contribution in [0.3, 0.4) is 0 Å². The Balaban J connectivity index is 1.70. The maximum atomic E-state index is 13.0. The third-order valence-corrected chi connectivity index (χ3v) is 5.56. The van der Waals surface area contributed by atoms with Crippen molar-refractivity contribution in [1.29, 1.82) is 0 Å². The van der Waals surface area contributed by atoms with Crippen LogP contribution in [0.15, 0.2) is 72.3 Å². The molecular weight excluding hydrogens is 438 g/mol. The lowest BCUT2D eigenvalue weighted by atomic mass is 9.83. The molecule has 10 heteroatoms. The van der Waals surface area contributed by atoms with E-state index >= 15 is 0 Å². The summed E-state index contributed by atoms with van der Waals surface area (Å²) in [5.41, 5.74) is 2.85. The molecule has 1 aliphatic rings. The van der Waals surface area contributed by atoms with E-state index in [2.05, 4.69) is 10.1 Å². The summed E-state index contributed by atoms with van der Waals surface area (Å²) in [4.78, 5) is 32.6. The first kappa shape index (κ1) is 21.3. The van der Waals surface area contributed by atoms with Crippen molar-refractivity contribution in [1.82, 2.24) is 19.6 Å². The summed E-state index contributed by atoms with van der Waals surface area (Å²) in [5, 5.41) is 15.5. The zero-order valence-corrected chi connectivity index (χ0v) is 18.3. The third kappa shape index (κ3) is 3.54. The number of carbonyl (C=O) groups excluding carboxylic acids is 1. The van der Waals surface area contributed by atoms with E-state index in [1.54, 1.807) is 26.0 Å². The summed E-state index contributed by atoms with van der Waals surface area (Å²) in [7, 11) is 0. The number of esters is 1. The zero-order valence-electron chi connectivity index (χ0n) is 18.3. The Labute approximate surface area is 193 Å². The molecule has 0 aliphatic carbocycles. The molecule has 0 unspecified atom stereocenters. The molecule has 5 rings (SSSR count). The fourth-order valence-corrected chi connectivity index (χ4v) is 4.05. The molecule has 0 fully saturated rings. The zero-order chi connectivity index (χ0) is 23.8. The van der Waals surface area contributed by atoms with E-state index in [4.69, 9.17) is 14.5 Å². The second-order valence-electron chi connectivity index (χ2n) is 7.61. The number of nitro benzene ring substituents is 1. The number of nitro groups is 1. The predicted molar refractivity (Wildman–Crippen MR) is 121 cm³/mol. The van der Waals surface area contributed by atoms with Gasteiger partial charge in [0.1, 0.15) is 12.1 Å². The van der Waals surface area contributed by atoms with Crippen LogP contribution in [0.1, 0.15) is 30.9 Å². The Morgan fingerprint density at radius 3 is 2.59 bits per heavy atom. The van der Waals surface area contributed by atoms with Crippen molar-refractivity contribution in [2.75, 3.05) is 6.61 Å². The van der Waals surface area contributed by atoms with Crippen LogP contribution < -0.4 is 4.74 Å². The lowest BCUT2D eigenvalue weighted by Gasteiger charge is -2.28. The van der Waals surface area contributed by atoms with Gasteiger partial charge in [-0.25, -0.2) is 19.3 Å². The van der Waals surface area contributed by atoms with Gasteiger partial charge in [-0.2, -0.15) is 0 Å². The molecule has 4 aromatic rings. The van der Waals surface area contributed by atoms with Crippen LogP contribution in [-0.2, 0) is 9.53 Å². The third-order valence-electron chi connectivity index (χ3n) is 5.56. The highest BCUT2D eigenvalue weighted by Crippen LogP contribution is 2.44. The molecule has 170 valence electrons. The van der Waals surface area contributed by atoms with E-state index in [0.29, 0.717) is 39.8 Å². The van der Waals surface area contributed by atoms with Crippen LogP contribution in [0.4, 0.5) is 5.69 Å². The highest BCUT2D eigenvalue weighted by atomic mass is 16.6. The average molecular weight is 457 g/mol. The van der Waals surface area contributed by atoms with Crippen LogP contribution in [-0.4, -0.2) is 37.1 Å². The van der Waals surface area contributed by atoms with Crippen LogP contribution in [0.25, 0.3) is 17.0 Å². The van der Waals surface area contributed by atoms with E-state index in [-0.39, 0.29) is 12.3 Å². The Morgan fingerprint density at radius 2 is 1.91 bits per heavy atom. The minimum absolute atomic E-state index is 0.0243. The summed E-state index contributed by atoms with van der Waals surface area (Å²) >= 11 is 0. The lowest BCUT2D eigenvalue weighted by molar-refractivity contribution is -0.384. The minimum atomic E-state index is -0.533. The number of ether oxygens (including phenoxy) is 2. The molecule has 0 saturated heterocycles. The molecule has 0 amide bonds. The average Bonchev–Trinajstić information content (AvgIpc) is 3.28. The molecule has 0 saturated carbocycles. The first-order valence-electron chi connectivity index (χ1n) is 10.6. The van der Waals surface area contributed by atoms with Gasteiger partial charge in [0, 0.05) is 17.7 Å². The smallest absolute Gasteiger partial charge is 0.338 e. The van der Waals surface area contributed by atoms with Crippen molar-refractivity contribution in [3.63, 3.8) is 0 Å². The van der Waals surface area contributed by atoms with Gasteiger partial charge in [0.2, 0.25) is 5.88 Å². The predicted octanol–water partition coefficient (Wildman–Crippen LogP) is 4.06. The van der Waals surface area contributed by atoms with Crippen LogP contribution in [0, 0.1) is 10.1 Å². The topological polar surface area (TPSA) is 122 Å². The lowest BCUT2D eigenvalue weighted by Crippen LogP contribution is -2.24. The van der Waals surface area contributed by atoms with Gasteiger partial charge >= 0.3 is 5.97 Å². The second kappa shape index (κ2) is 8.39. The van der Waals surface area contributed by atoms with Crippen molar-refractivity contribution < 1.29 is 19.2 Å². The van der Waals surface area contributed by atoms with E-state index in [0.717, 1.165) is 5.56 Å². The van der Waals surface area contributed by atoms with Crippen LogP contribution >= 0.6 is 0 Å². The van der Waals surface area contributed by atoms with Gasteiger partial charge in [0.05, 0.1) is 28.6 Å². The maximum Gasteiger partial charge on any atom is 0.338 e. The van der Waals surface area contributed by atoms with E-state index < -0.39 is 16.8 Å². The Morgan fingerprint density at radius 1 is 1.18 bits per heavy atom. The number of allylic oxidation sites excluding steroid dienone is 1. The van der Waals surface area contributed by atoms with E-state index in [1.165, 1.54) is 23.0 Å². The first-order chi connectivity index (χ1) is 16.5. The first-order valence-corrected chi connectivity index (χ1v) is 10.6. The fourth-order valence-electron chi connectivity index (χ4n) is 4.05. The normalized spacial score (nSPS) is 15.1. The molecule has 0 spiro atoms. The summed E-state index contributed by atoms with van der Waals surface area (Å²) < 4.78 is 12.8. The molecule has 34 heavy (non-hydrogen) atoms. The number of carbonyl (C=O) groups is 1. The maximum absolute atomic E-state index is 13.0. The van der Waals surface area contributed by atoms with Crippen molar-refractivity contribution >= 4 is 17.3 Å².